The van der Waals surface area contributed by atoms with Crippen molar-refractivity contribution in [3.8, 4) is 39.1 Å². The lowest BCUT2D eigenvalue weighted by atomic mass is 9.81. The van der Waals surface area contributed by atoms with Crippen LogP contribution in [0.1, 0.15) is 0 Å². The molecule has 0 spiro atoms. The SMILES string of the molecule is c1ccc(-n2c3ccccc3c3cc(-c4c5ccccc5c(-c5c6ccccc6c(-c6ccc7oc8ccc9ccccc9c8c7c6)c6ccccc56)c5ccccc45)ccc32)cc1. The molecule has 0 radical (unpaired) electrons. The van der Waals surface area contributed by atoms with Gasteiger partial charge >= 0.3 is 0 Å². The summed E-state index contributed by atoms with van der Waals surface area (Å²) >= 11 is 0. The minimum absolute atomic E-state index is 0.902. The molecule has 2 aromatic heterocycles. The fourth-order valence-corrected chi connectivity index (χ4v) is 11.1. The number of hydrogen-bond acceptors (Lipinski definition) is 1. The predicted molar refractivity (Wildman–Crippen MR) is 272 cm³/mol. The highest BCUT2D eigenvalue weighted by Crippen LogP contribution is 2.51. The van der Waals surface area contributed by atoms with Crippen molar-refractivity contribution in [2.45, 2.75) is 0 Å². The molecule has 0 amide bonds. The van der Waals surface area contributed by atoms with Gasteiger partial charge in [0.15, 0.2) is 0 Å². The normalized spacial score (nSPS) is 12.1. The summed E-state index contributed by atoms with van der Waals surface area (Å²) in [5, 5.41) is 17.1. The molecule has 0 saturated heterocycles. The summed E-state index contributed by atoms with van der Waals surface area (Å²) in [5.41, 5.74) is 12.8. The third kappa shape index (κ3) is 4.96. The van der Waals surface area contributed by atoms with E-state index in [1.165, 1.54) is 114 Å². The average Bonchev–Trinajstić information content (AvgIpc) is 3.91. The maximum atomic E-state index is 6.48. The van der Waals surface area contributed by atoms with Crippen molar-refractivity contribution in [1.82, 2.24) is 4.57 Å². The summed E-state index contributed by atoms with van der Waals surface area (Å²) in [4.78, 5) is 0. The van der Waals surface area contributed by atoms with Gasteiger partial charge in [-0.15, -0.1) is 0 Å². The van der Waals surface area contributed by atoms with E-state index in [9.17, 15) is 0 Å². The molecule has 2 heteroatoms. The molecule has 0 aliphatic heterocycles. The predicted octanol–water partition coefficient (Wildman–Crippen LogP) is 17.5. The minimum atomic E-state index is 0.902. The standard InChI is InChI=1S/C62H37NO/c1-2-17-41(18-3-1)63-54-29-15-14-20-43(54)52-36-39(30-33-55(52)63)58-44-21-6-10-25-48(44)61(49-26-11-7-22-45(49)58)62-50-27-12-8-23-46(50)59(47-24-9-13-28-51(47)62)40-32-34-56-53(37-40)60-42-19-5-4-16-38(42)31-35-57(60)64-56/h1-37H. The van der Waals surface area contributed by atoms with Gasteiger partial charge in [0.1, 0.15) is 11.2 Å². The summed E-state index contributed by atoms with van der Waals surface area (Å²) in [6, 6.07) is 82.4. The van der Waals surface area contributed by atoms with Crippen LogP contribution >= 0.6 is 0 Å². The number of rotatable bonds is 4. The lowest BCUT2D eigenvalue weighted by Gasteiger charge is -2.22. The van der Waals surface area contributed by atoms with Gasteiger partial charge in [0.25, 0.3) is 0 Å². The van der Waals surface area contributed by atoms with E-state index in [2.05, 4.69) is 229 Å². The highest BCUT2D eigenvalue weighted by Gasteiger charge is 2.24. The molecule has 0 bridgehead atoms. The van der Waals surface area contributed by atoms with Crippen molar-refractivity contribution < 1.29 is 4.42 Å². The molecule has 0 N–H and O–H groups in total. The quantitative estimate of drug-likeness (QED) is 0.162. The Labute approximate surface area is 368 Å². The molecule has 0 aliphatic rings. The first-order chi connectivity index (χ1) is 31.8. The monoisotopic (exact) mass is 811 g/mol. The zero-order valence-electron chi connectivity index (χ0n) is 34.7. The molecule has 14 aromatic rings. The summed E-state index contributed by atoms with van der Waals surface area (Å²) < 4.78 is 8.88. The van der Waals surface area contributed by atoms with Crippen LogP contribution in [-0.2, 0) is 0 Å². The van der Waals surface area contributed by atoms with Crippen molar-refractivity contribution >= 4 is 97.6 Å². The van der Waals surface area contributed by atoms with E-state index in [1.54, 1.807) is 0 Å². The number of hydrogen-bond donors (Lipinski definition) is 0. The van der Waals surface area contributed by atoms with E-state index in [1.807, 2.05) is 0 Å². The Morgan fingerprint density at radius 3 is 1.27 bits per heavy atom. The maximum absolute atomic E-state index is 6.48. The van der Waals surface area contributed by atoms with Gasteiger partial charge in [0.2, 0.25) is 0 Å². The fraction of sp³-hybridized carbons (Fsp3) is 0. The second-order valence-corrected chi connectivity index (χ2v) is 17.1. The van der Waals surface area contributed by atoms with Crippen LogP contribution in [0.4, 0.5) is 0 Å². The minimum Gasteiger partial charge on any atom is -0.456 e. The Morgan fingerprint density at radius 1 is 0.266 bits per heavy atom. The van der Waals surface area contributed by atoms with Crippen molar-refractivity contribution in [3.63, 3.8) is 0 Å². The number of fused-ring (bicyclic) bond motifs is 12. The van der Waals surface area contributed by atoms with Crippen LogP contribution in [0.5, 0.6) is 0 Å². The van der Waals surface area contributed by atoms with Gasteiger partial charge in [0, 0.05) is 27.2 Å². The van der Waals surface area contributed by atoms with Crippen LogP contribution in [0, 0.1) is 0 Å². The van der Waals surface area contributed by atoms with E-state index in [4.69, 9.17) is 4.42 Å². The van der Waals surface area contributed by atoms with Gasteiger partial charge in [-0.25, -0.2) is 0 Å². The molecule has 0 atom stereocenters. The van der Waals surface area contributed by atoms with Gasteiger partial charge in [0.05, 0.1) is 11.0 Å². The van der Waals surface area contributed by atoms with Crippen molar-refractivity contribution in [3.05, 3.63) is 224 Å². The molecule has 12 aromatic carbocycles. The summed E-state index contributed by atoms with van der Waals surface area (Å²) in [6.07, 6.45) is 0. The highest BCUT2D eigenvalue weighted by molar-refractivity contribution is 6.31. The highest BCUT2D eigenvalue weighted by atomic mass is 16.3. The van der Waals surface area contributed by atoms with Crippen LogP contribution in [0.2, 0.25) is 0 Å². The van der Waals surface area contributed by atoms with Crippen LogP contribution in [-0.4, -0.2) is 4.57 Å². The first kappa shape index (κ1) is 35.2. The van der Waals surface area contributed by atoms with E-state index in [0.29, 0.717) is 0 Å². The molecule has 0 unspecified atom stereocenters. The van der Waals surface area contributed by atoms with E-state index >= 15 is 0 Å². The van der Waals surface area contributed by atoms with Crippen LogP contribution in [0.3, 0.4) is 0 Å². The third-order valence-electron chi connectivity index (χ3n) is 13.7. The van der Waals surface area contributed by atoms with Crippen molar-refractivity contribution in [1.29, 1.82) is 0 Å². The zero-order valence-corrected chi connectivity index (χ0v) is 34.7. The Bertz CT molecular complexity index is 4130. The maximum Gasteiger partial charge on any atom is 0.136 e. The van der Waals surface area contributed by atoms with Crippen LogP contribution in [0.25, 0.3) is 137 Å². The molecule has 0 aliphatic carbocycles. The summed E-state index contributed by atoms with van der Waals surface area (Å²) in [5.74, 6) is 0. The van der Waals surface area contributed by atoms with Gasteiger partial charge in [-0.1, -0.05) is 176 Å². The smallest absolute Gasteiger partial charge is 0.136 e. The number of nitrogens with zero attached hydrogens (tertiary/aromatic N) is 1. The topological polar surface area (TPSA) is 18.1 Å². The molecule has 296 valence electrons. The molecule has 2 nitrogen and oxygen atoms in total. The molecule has 64 heavy (non-hydrogen) atoms. The lowest BCUT2D eigenvalue weighted by molar-refractivity contribution is 0.669. The largest absolute Gasteiger partial charge is 0.456 e. The number of furan rings is 1. The fourth-order valence-electron chi connectivity index (χ4n) is 11.1. The third-order valence-corrected chi connectivity index (χ3v) is 13.7. The van der Waals surface area contributed by atoms with E-state index in [-0.39, 0.29) is 0 Å². The first-order valence-electron chi connectivity index (χ1n) is 22.1. The molecule has 14 rings (SSSR count). The lowest BCUT2D eigenvalue weighted by Crippen LogP contribution is -1.95. The molecule has 0 fully saturated rings. The Balaban J connectivity index is 1.05. The van der Waals surface area contributed by atoms with Crippen molar-refractivity contribution in [2.24, 2.45) is 0 Å². The van der Waals surface area contributed by atoms with Gasteiger partial charge < -0.3 is 8.98 Å². The van der Waals surface area contributed by atoms with Gasteiger partial charge in [-0.3, -0.25) is 0 Å². The zero-order chi connectivity index (χ0) is 41.9. The summed E-state index contributed by atoms with van der Waals surface area (Å²) in [7, 11) is 0. The average molecular weight is 812 g/mol. The molecule has 2 heterocycles. The number of aromatic nitrogens is 1. The van der Waals surface area contributed by atoms with Crippen LogP contribution < -0.4 is 0 Å². The Morgan fingerprint density at radius 2 is 0.688 bits per heavy atom. The van der Waals surface area contributed by atoms with Gasteiger partial charge in [-0.2, -0.15) is 0 Å². The number of benzene rings is 12. The van der Waals surface area contributed by atoms with Crippen LogP contribution in [0.15, 0.2) is 229 Å². The molecular formula is C62H37NO. The number of para-hydroxylation sites is 2. The van der Waals surface area contributed by atoms with E-state index in [0.717, 1.165) is 22.2 Å². The summed E-state index contributed by atoms with van der Waals surface area (Å²) in [6.45, 7) is 0. The van der Waals surface area contributed by atoms with Crippen molar-refractivity contribution in [2.75, 3.05) is 0 Å². The first-order valence-corrected chi connectivity index (χ1v) is 22.1. The molecular weight excluding hydrogens is 775 g/mol. The Hall–Kier alpha value is -8.46. The second kappa shape index (κ2) is 13.5. The second-order valence-electron chi connectivity index (χ2n) is 17.1. The van der Waals surface area contributed by atoms with Gasteiger partial charge in [-0.05, 0) is 136 Å². The van der Waals surface area contributed by atoms with E-state index < -0.39 is 0 Å². The molecule has 0 saturated carbocycles. The Kier molecular flexibility index (Phi) is 7.43.